The number of hydrogen-bond donors (Lipinski definition) is 1. The summed E-state index contributed by atoms with van der Waals surface area (Å²) in [5.74, 6) is 0.725. The first-order chi connectivity index (χ1) is 9.63. The Bertz CT molecular complexity index is 431. The summed E-state index contributed by atoms with van der Waals surface area (Å²) < 4.78 is 6.31. The largest absolute Gasteiger partial charge is 0.373 e. The molecule has 1 heterocycles. The van der Waals surface area contributed by atoms with Crippen molar-refractivity contribution in [1.29, 1.82) is 0 Å². The Balaban J connectivity index is 2.37. The van der Waals surface area contributed by atoms with Gasteiger partial charge in [0, 0.05) is 19.0 Å². The third-order valence-corrected chi connectivity index (χ3v) is 4.63. The van der Waals surface area contributed by atoms with Crippen LogP contribution in [0.3, 0.4) is 0 Å². The highest BCUT2D eigenvalue weighted by molar-refractivity contribution is 5.28. The lowest BCUT2D eigenvalue weighted by Crippen LogP contribution is -2.48. The molecule has 0 amide bonds. The number of nitrogens with zero attached hydrogens (tertiary/aromatic N) is 1. The number of pyridine rings is 1. The van der Waals surface area contributed by atoms with Crippen LogP contribution in [0.15, 0.2) is 18.5 Å². The Labute approximate surface area is 123 Å². The maximum atomic E-state index is 6.31. The molecule has 1 fully saturated rings. The third-order valence-electron chi connectivity index (χ3n) is 4.63. The fourth-order valence-corrected chi connectivity index (χ4v) is 3.79. The molecular weight excluding hydrogens is 248 g/mol. The number of nitrogens with one attached hydrogen (secondary N) is 1. The molecular formula is C17H28N2O. The van der Waals surface area contributed by atoms with Gasteiger partial charge in [-0.1, -0.05) is 19.8 Å². The lowest BCUT2D eigenvalue weighted by atomic mass is 9.72. The van der Waals surface area contributed by atoms with E-state index in [0.717, 1.165) is 25.4 Å². The molecule has 1 N–H and O–H groups in total. The van der Waals surface area contributed by atoms with E-state index in [2.05, 4.69) is 37.1 Å². The third kappa shape index (κ3) is 3.04. The predicted octanol–water partition coefficient (Wildman–Crippen LogP) is 3.64. The lowest BCUT2D eigenvalue weighted by molar-refractivity contribution is -0.100. The maximum Gasteiger partial charge on any atom is 0.0879 e. The SMILES string of the molecule is CCOC1(C(NC)c2cnccc2C)CCCC(C)C1. The standard InChI is InChI=1S/C17H28N2O/c1-5-20-17(9-6-7-13(2)11-17)16(18-4)15-12-19-10-8-14(15)3/h8,10,12-13,16,18H,5-7,9,11H2,1-4H3. The number of aromatic nitrogens is 1. The summed E-state index contributed by atoms with van der Waals surface area (Å²) >= 11 is 0. The van der Waals surface area contributed by atoms with E-state index in [0.29, 0.717) is 0 Å². The van der Waals surface area contributed by atoms with Crippen molar-refractivity contribution in [2.75, 3.05) is 13.7 Å². The van der Waals surface area contributed by atoms with Gasteiger partial charge in [-0.3, -0.25) is 4.98 Å². The smallest absolute Gasteiger partial charge is 0.0879 e. The van der Waals surface area contributed by atoms with E-state index >= 15 is 0 Å². The summed E-state index contributed by atoms with van der Waals surface area (Å²) in [6, 6.07) is 2.31. The summed E-state index contributed by atoms with van der Waals surface area (Å²) in [5, 5.41) is 3.51. The molecule has 0 spiro atoms. The van der Waals surface area contributed by atoms with E-state index in [1.165, 1.54) is 24.0 Å². The van der Waals surface area contributed by atoms with Crippen LogP contribution in [-0.4, -0.2) is 24.2 Å². The topological polar surface area (TPSA) is 34.1 Å². The minimum atomic E-state index is -0.0883. The molecule has 0 aromatic carbocycles. The predicted molar refractivity (Wildman–Crippen MR) is 82.8 cm³/mol. The first kappa shape index (κ1) is 15.5. The van der Waals surface area contributed by atoms with Crippen LogP contribution in [0.5, 0.6) is 0 Å². The molecule has 1 saturated carbocycles. The van der Waals surface area contributed by atoms with Gasteiger partial charge in [-0.2, -0.15) is 0 Å². The van der Waals surface area contributed by atoms with Gasteiger partial charge < -0.3 is 10.1 Å². The fourth-order valence-electron chi connectivity index (χ4n) is 3.79. The van der Waals surface area contributed by atoms with Gasteiger partial charge in [0.2, 0.25) is 0 Å². The zero-order valence-electron chi connectivity index (χ0n) is 13.3. The van der Waals surface area contributed by atoms with E-state index < -0.39 is 0 Å². The molecule has 3 heteroatoms. The molecule has 112 valence electrons. The Kier molecular flexibility index (Phi) is 5.17. The molecule has 0 saturated heterocycles. The van der Waals surface area contributed by atoms with Gasteiger partial charge in [-0.25, -0.2) is 0 Å². The zero-order chi connectivity index (χ0) is 14.6. The molecule has 3 unspecified atom stereocenters. The summed E-state index contributed by atoms with van der Waals surface area (Å²) in [4.78, 5) is 4.32. The quantitative estimate of drug-likeness (QED) is 0.891. The van der Waals surface area contributed by atoms with E-state index in [9.17, 15) is 0 Å². The molecule has 1 aliphatic carbocycles. The van der Waals surface area contributed by atoms with Crippen LogP contribution < -0.4 is 5.32 Å². The number of likely N-dealkylation sites (N-methyl/N-ethyl adjacent to an activating group) is 1. The zero-order valence-corrected chi connectivity index (χ0v) is 13.3. The Hall–Kier alpha value is -0.930. The van der Waals surface area contributed by atoms with Crippen LogP contribution in [0.1, 0.15) is 56.7 Å². The first-order valence-electron chi connectivity index (χ1n) is 7.84. The van der Waals surface area contributed by atoms with E-state index in [1.807, 2.05) is 19.4 Å². The van der Waals surface area contributed by atoms with E-state index in [1.54, 1.807) is 0 Å². The molecule has 0 bridgehead atoms. The van der Waals surface area contributed by atoms with Gasteiger partial charge in [0.15, 0.2) is 0 Å². The monoisotopic (exact) mass is 276 g/mol. The van der Waals surface area contributed by atoms with Gasteiger partial charge >= 0.3 is 0 Å². The normalized spacial score (nSPS) is 28.3. The van der Waals surface area contributed by atoms with Crippen LogP contribution >= 0.6 is 0 Å². The van der Waals surface area contributed by atoms with Crippen LogP contribution in [0.4, 0.5) is 0 Å². The number of rotatable bonds is 5. The van der Waals surface area contributed by atoms with E-state index in [4.69, 9.17) is 4.74 Å². The van der Waals surface area contributed by atoms with Crippen molar-refractivity contribution < 1.29 is 4.74 Å². The average Bonchev–Trinajstić information content (AvgIpc) is 2.42. The molecule has 0 radical (unpaired) electrons. The molecule has 2 rings (SSSR count). The van der Waals surface area contributed by atoms with Gasteiger partial charge in [0.1, 0.15) is 0 Å². The van der Waals surface area contributed by atoms with Crippen molar-refractivity contribution >= 4 is 0 Å². The Morgan fingerprint density at radius 1 is 1.55 bits per heavy atom. The van der Waals surface area contributed by atoms with Crippen LogP contribution in [0.2, 0.25) is 0 Å². The van der Waals surface area contributed by atoms with Gasteiger partial charge in [0.05, 0.1) is 11.6 Å². The Morgan fingerprint density at radius 3 is 2.95 bits per heavy atom. The van der Waals surface area contributed by atoms with Crippen molar-refractivity contribution in [1.82, 2.24) is 10.3 Å². The molecule has 1 aliphatic rings. The number of ether oxygens (including phenoxy) is 1. The van der Waals surface area contributed by atoms with Gasteiger partial charge in [-0.15, -0.1) is 0 Å². The molecule has 1 aromatic heterocycles. The highest BCUT2D eigenvalue weighted by Crippen LogP contribution is 2.44. The second-order valence-corrected chi connectivity index (χ2v) is 6.15. The van der Waals surface area contributed by atoms with E-state index in [-0.39, 0.29) is 11.6 Å². The summed E-state index contributed by atoms with van der Waals surface area (Å²) in [6.07, 6.45) is 8.68. The van der Waals surface area contributed by atoms with Crippen molar-refractivity contribution in [3.8, 4) is 0 Å². The molecule has 3 atom stereocenters. The van der Waals surface area contributed by atoms with Crippen LogP contribution in [0, 0.1) is 12.8 Å². The minimum Gasteiger partial charge on any atom is -0.373 e. The number of hydrogen-bond acceptors (Lipinski definition) is 3. The number of aryl methyl sites for hydroxylation is 1. The van der Waals surface area contributed by atoms with Crippen LogP contribution in [0.25, 0.3) is 0 Å². The fraction of sp³-hybridized carbons (Fsp3) is 0.706. The molecule has 0 aliphatic heterocycles. The molecule has 3 nitrogen and oxygen atoms in total. The van der Waals surface area contributed by atoms with Gasteiger partial charge in [-0.05, 0) is 56.8 Å². The summed E-state index contributed by atoms with van der Waals surface area (Å²) in [7, 11) is 2.04. The average molecular weight is 276 g/mol. The minimum absolute atomic E-state index is 0.0883. The van der Waals surface area contributed by atoms with Crippen molar-refractivity contribution in [3.63, 3.8) is 0 Å². The van der Waals surface area contributed by atoms with Crippen molar-refractivity contribution in [3.05, 3.63) is 29.6 Å². The highest BCUT2D eigenvalue weighted by atomic mass is 16.5. The first-order valence-corrected chi connectivity index (χ1v) is 7.84. The van der Waals surface area contributed by atoms with Gasteiger partial charge in [0.25, 0.3) is 0 Å². The van der Waals surface area contributed by atoms with Crippen molar-refractivity contribution in [2.24, 2.45) is 5.92 Å². The lowest BCUT2D eigenvalue weighted by Gasteiger charge is -2.45. The van der Waals surface area contributed by atoms with Crippen LogP contribution in [-0.2, 0) is 4.74 Å². The highest BCUT2D eigenvalue weighted by Gasteiger charge is 2.43. The second-order valence-electron chi connectivity index (χ2n) is 6.15. The molecule has 20 heavy (non-hydrogen) atoms. The Morgan fingerprint density at radius 2 is 2.35 bits per heavy atom. The summed E-state index contributed by atoms with van der Waals surface area (Å²) in [5.41, 5.74) is 2.48. The molecule has 1 aromatic rings. The second kappa shape index (κ2) is 6.68. The van der Waals surface area contributed by atoms with Crippen molar-refractivity contribution in [2.45, 2.75) is 58.1 Å². The maximum absolute atomic E-state index is 6.31. The summed E-state index contributed by atoms with van der Waals surface area (Å²) in [6.45, 7) is 7.37.